The zero-order valence-electron chi connectivity index (χ0n) is 12.9. The second-order valence-electron chi connectivity index (χ2n) is 5.11. The van der Waals surface area contributed by atoms with E-state index >= 15 is 0 Å². The average molecular weight is 313 g/mol. The molecule has 0 bridgehead atoms. The Kier molecular flexibility index (Phi) is 6.22. The van der Waals surface area contributed by atoms with Crippen LogP contribution in [0.5, 0.6) is 0 Å². The van der Waals surface area contributed by atoms with Crippen molar-refractivity contribution in [3.63, 3.8) is 0 Å². The molecule has 109 valence electrons. The number of allylic oxidation sites excluding steroid dienone is 2. The molecule has 2 aromatic carbocycles. The summed E-state index contributed by atoms with van der Waals surface area (Å²) in [5, 5.41) is 2.84. The molecule has 1 radical (unpaired) electrons. The van der Waals surface area contributed by atoms with E-state index in [1.165, 1.54) is 10.6 Å². The van der Waals surface area contributed by atoms with Crippen molar-refractivity contribution < 1.29 is 4.43 Å². The highest BCUT2D eigenvalue weighted by Crippen LogP contribution is 2.33. The quantitative estimate of drug-likeness (QED) is 0.439. The number of rotatable bonds is 6. The van der Waals surface area contributed by atoms with Crippen LogP contribution in [0.25, 0.3) is 0 Å². The molecule has 2 aromatic rings. The summed E-state index contributed by atoms with van der Waals surface area (Å²) >= 11 is 0. The normalized spacial score (nSPS) is 12.0. The number of benzene rings is 2. The van der Waals surface area contributed by atoms with Gasteiger partial charge in [0, 0.05) is 0 Å². The van der Waals surface area contributed by atoms with E-state index in [2.05, 4.69) is 86.8 Å². The zero-order valence-corrected chi connectivity index (χ0v) is 14.8. The molecule has 0 aliphatic carbocycles. The molecule has 0 spiro atoms. The molecule has 0 aromatic heterocycles. The van der Waals surface area contributed by atoms with Gasteiger partial charge in [-0.2, -0.15) is 0 Å². The molecule has 0 saturated heterocycles. The first-order chi connectivity index (χ1) is 10.2. The maximum Gasteiger partial charge on any atom is 0.273 e. The molecular formula is C18H22OPSi. The fourth-order valence-electron chi connectivity index (χ4n) is 2.16. The molecule has 0 unspecified atom stereocenters. The number of hydrogen-bond acceptors (Lipinski definition) is 1. The predicted octanol–water partition coefficient (Wildman–Crippen LogP) is 4.29. The highest BCUT2D eigenvalue weighted by molar-refractivity contribution is 7.73. The molecule has 0 fully saturated rings. The second kappa shape index (κ2) is 8.16. The standard InChI is InChI=1S/C18H22OPSi/c1-16(19-21(2)3)14-15-20(17-10-6-4-7-11-17)18-12-8-5-9-13-18/h4-14H,15H2,1-3H3/b16-14-. The van der Waals surface area contributed by atoms with Gasteiger partial charge in [0.25, 0.3) is 9.04 Å². The van der Waals surface area contributed by atoms with E-state index in [9.17, 15) is 0 Å². The van der Waals surface area contributed by atoms with Gasteiger partial charge in [-0.05, 0) is 50.8 Å². The Labute approximate surface area is 131 Å². The lowest BCUT2D eigenvalue weighted by Gasteiger charge is -2.18. The number of hydrogen-bond donors (Lipinski definition) is 0. The fraction of sp³-hybridized carbons (Fsp3) is 0.222. The van der Waals surface area contributed by atoms with Crippen LogP contribution in [0.1, 0.15) is 6.92 Å². The van der Waals surface area contributed by atoms with E-state index in [-0.39, 0.29) is 7.92 Å². The van der Waals surface area contributed by atoms with Crippen LogP contribution in [-0.2, 0) is 4.43 Å². The van der Waals surface area contributed by atoms with E-state index in [0.29, 0.717) is 0 Å². The smallest absolute Gasteiger partial charge is 0.273 e. The molecule has 0 amide bonds. The van der Waals surface area contributed by atoms with Crippen molar-refractivity contribution in [3.05, 3.63) is 72.5 Å². The Morgan fingerprint density at radius 2 is 1.43 bits per heavy atom. The van der Waals surface area contributed by atoms with Gasteiger partial charge in [0.05, 0.1) is 5.76 Å². The average Bonchev–Trinajstić information content (AvgIpc) is 2.49. The monoisotopic (exact) mass is 313 g/mol. The molecule has 0 N–H and O–H groups in total. The Balaban J connectivity index is 2.22. The molecule has 3 heteroatoms. The van der Waals surface area contributed by atoms with E-state index < -0.39 is 9.04 Å². The molecule has 0 saturated carbocycles. The maximum absolute atomic E-state index is 5.85. The summed E-state index contributed by atoms with van der Waals surface area (Å²) in [6.45, 7) is 6.40. The van der Waals surface area contributed by atoms with Gasteiger partial charge in [0.2, 0.25) is 0 Å². The lowest BCUT2D eigenvalue weighted by molar-refractivity contribution is 0.442. The Morgan fingerprint density at radius 3 is 1.86 bits per heavy atom. The largest absolute Gasteiger partial charge is 0.546 e. The van der Waals surface area contributed by atoms with Crippen LogP contribution in [0.4, 0.5) is 0 Å². The van der Waals surface area contributed by atoms with Crippen LogP contribution in [0.3, 0.4) is 0 Å². The molecule has 21 heavy (non-hydrogen) atoms. The first-order valence-corrected chi connectivity index (χ1v) is 11.1. The van der Waals surface area contributed by atoms with Crippen molar-refractivity contribution in [3.8, 4) is 0 Å². The predicted molar refractivity (Wildman–Crippen MR) is 96.3 cm³/mol. The third kappa shape index (κ3) is 5.15. The van der Waals surface area contributed by atoms with Crippen molar-refractivity contribution in [2.24, 2.45) is 0 Å². The highest BCUT2D eigenvalue weighted by atomic mass is 31.1. The van der Waals surface area contributed by atoms with Gasteiger partial charge in [-0.15, -0.1) is 0 Å². The Morgan fingerprint density at radius 1 is 0.952 bits per heavy atom. The lowest BCUT2D eigenvalue weighted by Crippen LogP contribution is -2.13. The van der Waals surface area contributed by atoms with Crippen molar-refractivity contribution in [2.45, 2.75) is 20.0 Å². The first-order valence-electron chi connectivity index (χ1n) is 7.19. The molecule has 1 nitrogen and oxygen atoms in total. The van der Waals surface area contributed by atoms with Gasteiger partial charge in [0.1, 0.15) is 0 Å². The van der Waals surface area contributed by atoms with Gasteiger partial charge in [-0.25, -0.2) is 0 Å². The molecule has 0 aliphatic heterocycles. The Bertz CT molecular complexity index is 527. The van der Waals surface area contributed by atoms with Gasteiger partial charge in [-0.1, -0.05) is 60.7 Å². The van der Waals surface area contributed by atoms with Gasteiger partial charge in [0.15, 0.2) is 0 Å². The van der Waals surface area contributed by atoms with Gasteiger partial charge >= 0.3 is 0 Å². The molecule has 2 rings (SSSR count). The van der Waals surface area contributed by atoms with Crippen molar-refractivity contribution in [1.29, 1.82) is 0 Å². The minimum atomic E-state index is -0.670. The van der Waals surface area contributed by atoms with Gasteiger partial charge < -0.3 is 4.43 Å². The highest BCUT2D eigenvalue weighted by Gasteiger charge is 2.12. The summed E-state index contributed by atoms with van der Waals surface area (Å²) in [4.78, 5) is 0. The summed E-state index contributed by atoms with van der Waals surface area (Å²) < 4.78 is 5.85. The SMILES string of the molecule is C/C(=C/CP(c1ccccc1)c1ccccc1)O[Si](C)C. The van der Waals surface area contributed by atoms with Crippen LogP contribution >= 0.6 is 7.92 Å². The summed E-state index contributed by atoms with van der Waals surface area (Å²) in [6.07, 6.45) is 3.29. The van der Waals surface area contributed by atoms with E-state index in [0.717, 1.165) is 11.9 Å². The zero-order chi connectivity index (χ0) is 15.1. The second-order valence-corrected chi connectivity index (χ2v) is 9.38. The minimum Gasteiger partial charge on any atom is -0.546 e. The summed E-state index contributed by atoms with van der Waals surface area (Å²) in [5.41, 5.74) is 0. The third-order valence-electron chi connectivity index (χ3n) is 3.06. The topological polar surface area (TPSA) is 9.23 Å². The van der Waals surface area contributed by atoms with Crippen LogP contribution in [0.15, 0.2) is 72.5 Å². The van der Waals surface area contributed by atoms with Crippen LogP contribution in [0, 0.1) is 0 Å². The lowest BCUT2D eigenvalue weighted by atomic mass is 10.4. The first kappa shape index (κ1) is 16.0. The van der Waals surface area contributed by atoms with Crippen LogP contribution < -0.4 is 10.6 Å². The van der Waals surface area contributed by atoms with Crippen LogP contribution in [-0.4, -0.2) is 15.2 Å². The summed E-state index contributed by atoms with van der Waals surface area (Å²) in [6, 6.07) is 21.6. The van der Waals surface area contributed by atoms with Crippen molar-refractivity contribution in [1.82, 2.24) is 0 Å². The van der Waals surface area contributed by atoms with E-state index in [4.69, 9.17) is 4.43 Å². The summed E-state index contributed by atoms with van der Waals surface area (Å²) in [7, 11) is -1.02. The molecule has 0 atom stereocenters. The summed E-state index contributed by atoms with van der Waals surface area (Å²) in [5.74, 6) is 1.06. The van der Waals surface area contributed by atoms with E-state index in [1.54, 1.807) is 0 Å². The van der Waals surface area contributed by atoms with Gasteiger partial charge in [-0.3, -0.25) is 0 Å². The maximum atomic E-state index is 5.85. The Hall–Kier alpha value is -1.37. The molecule has 0 heterocycles. The molecule has 0 aliphatic rings. The minimum absolute atomic E-state index is 0.353. The van der Waals surface area contributed by atoms with Crippen LogP contribution in [0.2, 0.25) is 13.1 Å². The van der Waals surface area contributed by atoms with Crippen molar-refractivity contribution >= 4 is 27.6 Å². The van der Waals surface area contributed by atoms with E-state index in [1.807, 2.05) is 0 Å². The fourth-order valence-corrected chi connectivity index (χ4v) is 5.11. The molecular weight excluding hydrogens is 291 g/mol. The third-order valence-corrected chi connectivity index (χ3v) is 6.18. The van der Waals surface area contributed by atoms with Crippen molar-refractivity contribution in [2.75, 3.05) is 6.16 Å².